The summed E-state index contributed by atoms with van der Waals surface area (Å²) in [6, 6.07) is 0. The fourth-order valence-corrected chi connectivity index (χ4v) is 3.24. The molecule has 5 heteroatoms. The first kappa shape index (κ1) is 11.9. The van der Waals surface area contributed by atoms with Crippen molar-refractivity contribution in [3.05, 3.63) is 0 Å². The second-order valence-electron chi connectivity index (χ2n) is 3.84. The van der Waals surface area contributed by atoms with Gasteiger partial charge in [0, 0.05) is 26.8 Å². The van der Waals surface area contributed by atoms with Gasteiger partial charge < -0.3 is 10.1 Å². The average molecular weight is 221 g/mol. The highest BCUT2D eigenvalue weighted by atomic mass is 32.2. The molecule has 0 radical (unpaired) electrons. The van der Waals surface area contributed by atoms with E-state index in [0.717, 1.165) is 25.9 Å². The Bertz CT molecular complexity index is 247. The van der Waals surface area contributed by atoms with Crippen molar-refractivity contribution in [2.45, 2.75) is 12.8 Å². The van der Waals surface area contributed by atoms with E-state index < -0.39 is 9.84 Å². The number of ether oxygens (including phenoxy) is 1. The zero-order valence-electron chi connectivity index (χ0n) is 8.66. The molecule has 4 nitrogen and oxygen atoms in total. The molecule has 0 spiro atoms. The molecule has 0 atom stereocenters. The largest absolute Gasteiger partial charge is 0.385 e. The lowest BCUT2D eigenvalue weighted by atomic mass is 10.1. The third kappa shape index (κ3) is 4.39. The van der Waals surface area contributed by atoms with Crippen LogP contribution in [0.2, 0.25) is 0 Å². The van der Waals surface area contributed by atoms with E-state index in [2.05, 4.69) is 5.32 Å². The molecule has 1 aliphatic rings. The van der Waals surface area contributed by atoms with Gasteiger partial charge in [0.05, 0.1) is 11.5 Å². The summed E-state index contributed by atoms with van der Waals surface area (Å²) in [6.45, 7) is 2.37. The Morgan fingerprint density at radius 2 is 2.07 bits per heavy atom. The molecule has 0 aromatic heterocycles. The van der Waals surface area contributed by atoms with Gasteiger partial charge in [0.15, 0.2) is 9.84 Å². The fraction of sp³-hybridized carbons (Fsp3) is 1.00. The zero-order chi connectivity index (χ0) is 10.4. The molecule has 1 fully saturated rings. The molecule has 0 aromatic carbocycles. The van der Waals surface area contributed by atoms with Crippen molar-refractivity contribution in [3.8, 4) is 0 Å². The van der Waals surface area contributed by atoms with Crippen LogP contribution in [-0.4, -0.2) is 46.7 Å². The lowest BCUT2D eigenvalue weighted by Gasteiger charge is -2.26. The third-order valence-corrected chi connectivity index (χ3v) is 4.30. The Kier molecular flexibility index (Phi) is 4.84. The van der Waals surface area contributed by atoms with Gasteiger partial charge in [0.1, 0.15) is 0 Å². The van der Waals surface area contributed by atoms with Gasteiger partial charge >= 0.3 is 0 Å². The number of hydrogen-bond donors (Lipinski definition) is 1. The summed E-state index contributed by atoms with van der Waals surface area (Å²) in [5.41, 5.74) is 0. The predicted octanol–water partition coefficient (Wildman–Crippen LogP) is 0.0472. The monoisotopic (exact) mass is 221 g/mol. The van der Waals surface area contributed by atoms with Gasteiger partial charge in [-0.1, -0.05) is 0 Å². The minimum atomic E-state index is -2.82. The van der Waals surface area contributed by atoms with Gasteiger partial charge in [0.2, 0.25) is 0 Å². The van der Waals surface area contributed by atoms with Crippen LogP contribution < -0.4 is 5.32 Å². The standard InChI is InChI=1S/C9H19NO3S/c1-13-4-2-3-5-14(11,12)8-9-6-10-7-9/h9-10H,2-8H2,1H3. The van der Waals surface area contributed by atoms with E-state index in [9.17, 15) is 8.42 Å². The zero-order valence-corrected chi connectivity index (χ0v) is 9.48. The third-order valence-electron chi connectivity index (χ3n) is 2.41. The molecule has 84 valence electrons. The Morgan fingerprint density at radius 1 is 1.36 bits per heavy atom. The highest BCUT2D eigenvalue weighted by molar-refractivity contribution is 7.91. The van der Waals surface area contributed by atoms with Crippen molar-refractivity contribution in [1.82, 2.24) is 5.32 Å². The van der Waals surface area contributed by atoms with Crippen molar-refractivity contribution < 1.29 is 13.2 Å². The first-order valence-electron chi connectivity index (χ1n) is 5.04. The van der Waals surface area contributed by atoms with Crippen LogP contribution in [0, 0.1) is 5.92 Å². The molecule has 14 heavy (non-hydrogen) atoms. The van der Waals surface area contributed by atoms with Gasteiger partial charge in [-0.15, -0.1) is 0 Å². The van der Waals surface area contributed by atoms with E-state index in [1.54, 1.807) is 7.11 Å². The smallest absolute Gasteiger partial charge is 0.150 e. The Labute approximate surface area is 85.9 Å². The highest BCUT2D eigenvalue weighted by Crippen LogP contribution is 2.09. The highest BCUT2D eigenvalue weighted by Gasteiger charge is 2.23. The summed E-state index contributed by atoms with van der Waals surface area (Å²) in [4.78, 5) is 0. The van der Waals surface area contributed by atoms with Crippen molar-refractivity contribution >= 4 is 9.84 Å². The fourth-order valence-electron chi connectivity index (χ4n) is 1.48. The summed E-state index contributed by atoms with van der Waals surface area (Å²) in [7, 11) is -1.18. The quantitative estimate of drug-likeness (QED) is 0.617. The molecule has 0 saturated carbocycles. The lowest BCUT2D eigenvalue weighted by Crippen LogP contribution is -2.45. The lowest BCUT2D eigenvalue weighted by molar-refractivity contribution is 0.194. The maximum Gasteiger partial charge on any atom is 0.150 e. The molecule has 1 saturated heterocycles. The second-order valence-corrected chi connectivity index (χ2v) is 6.07. The predicted molar refractivity (Wildman–Crippen MR) is 56.1 cm³/mol. The van der Waals surface area contributed by atoms with Crippen molar-refractivity contribution in [2.24, 2.45) is 5.92 Å². The molecule has 0 aliphatic carbocycles. The van der Waals surface area contributed by atoms with Crippen molar-refractivity contribution in [3.63, 3.8) is 0 Å². The molecule has 1 heterocycles. The average Bonchev–Trinajstić information content (AvgIpc) is 2.06. The molecule has 1 N–H and O–H groups in total. The van der Waals surface area contributed by atoms with Crippen LogP contribution in [-0.2, 0) is 14.6 Å². The van der Waals surface area contributed by atoms with Crippen LogP contribution in [0.3, 0.4) is 0 Å². The van der Waals surface area contributed by atoms with Crippen LogP contribution in [0.4, 0.5) is 0 Å². The maximum atomic E-state index is 11.5. The summed E-state index contributed by atoms with van der Waals surface area (Å²) in [6.07, 6.45) is 1.55. The Balaban J connectivity index is 2.13. The van der Waals surface area contributed by atoms with E-state index >= 15 is 0 Å². The molecule has 0 amide bonds. The minimum absolute atomic E-state index is 0.312. The number of nitrogens with one attached hydrogen (secondary N) is 1. The number of hydrogen-bond acceptors (Lipinski definition) is 4. The molecule has 0 bridgehead atoms. The van der Waals surface area contributed by atoms with Gasteiger partial charge in [-0.05, 0) is 18.8 Å². The number of methoxy groups -OCH3 is 1. The Morgan fingerprint density at radius 3 is 2.57 bits per heavy atom. The molecule has 0 aromatic rings. The molecule has 1 rings (SSSR count). The summed E-state index contributed by atoms with van der Waals surface area (Å²) in [5, 5.41) is 3.08. The minimum Gasteiger partial charge on any atom is -0.385 e. The normalized spacial score (nSPS) is 18.1. The van der Waals surface area contributed by atoms with Crippen LogP contribution in [0.5, 0.6) is 0 Å². The first-order chi connectivity index (χ1) is 6.64. The molecular formula is C9H19NO3S. The van der Waals surface area contributed by atoms with Crippen LogP contribution in [0.1, 0.15) is 12.8 Å². The molecule has 0 unspecified atom stereocenters. The Hall–Kier alpha value is -0.130. The van der Waals surface area contributed by atoms with E-state index in [4.69, 9.17) is 4.74 Å². The number of sulfone groups is 1. The number of unbranched alkanes of at least 4 members (excludes halogenated alkanes) is 1. The molecular weight excluding hydrogens is 202 g/mol. The van der Waals surface area contributed by atoms with Crippen LogP contribution >= 0.6 is 0 Å². The van der Waals surface area contributed by atoms with Gasteiger partial charge in [0.25, 0.3) is 0 Å². The van der Waals surface area contributed by atoms with Crippen LogP contribution in [0.25, 0.3) is 0 Å². The van der Waals surface area contributed by atoms with Crippen molar-refractivity contribution in [1.29, 1.82) is 0 Å². The summed E-state index contributed by atoms with van der Waals surface area (Å²) in [5.74, 6) is 1.02. The summed E-state index contributed by atoms with van der Waals surface area (Å²) < 4.78 is 27.9. The van der Waals surface area contributed by atoms with E-state index in [1.165, 1.54) is 0 Å². The maximum absolute atomic E-state index is 11.5. The topological polar surface area (TPSA) is 55.4 Å². The number of rotatable bonds is 7. The van der Waals surface area contributed by atoms with Gasteiger partial charge in [-0.3, -0.25) is 0 Å². The van der Waals surface area contributed by atoms with Gasteiger partial charge in [-0.25, -0.2) is 8.42 Å². The summed E-state index contributed by atoms with van der Waals surface area (Å²) >= 11 is 0. The second kappa shape index (κ2) is 5.68. The van der Waals surface area contributed by atoms with E-state index in [0.29, 0.717) is 24.0 Å². The van der Waals surface area contributed by atoms with Crippen molar-refractivity contribution in [2.75, 3.05) is 38.3 Å². The van der Waals surface area contributed by atoms with E-state index in [-0.39, 0.29) is 0 Å². The van der Waals surface area contributed by atoms with Crippen LogP contribution in [0.15, 0.2) is 0 Å². The first-order valence-corrected chi connectivity index (χ1v) is 6.86. The SMILES string of the molecule is COCCCCS(=O)(=O)CC1CNC1. The van der Waals surface area contributed by atoms with Gasteiger partial charge in [-0.2, -0.15) is 0 Å². The molecule has 1 aliphatic heterocycles. The van der Waals surface area contributed by atoms with E-state index in [1.807, 2.05) is 0 Å².